The van der Waals surface area contributed by atoms with E-state index in [9.17, 15) is 4.79 Å². The molecule has 114 valence electrons. The highest BCUT2D eigenvalue weighted by atomic mass is 35.5. The SMILES string of the molecule is COc1ccccc1NCC(=O)N1CC[C@@H](N)C1.Cl.Cl. The molecule has 1 heterocycles. The Morgan fingerprint density at radius 1 is 1.45 bits per heavy atom. The van der Waals surface area contributed by atoms with Crippen LogP contribution in [0.3, 0.4) is 0 Å². The molecule has 7 heteroatoms. The van der Waals surface area contributed by atoms with Gasteiger partial charge >= 0.3 is 0 Å². The second-order valence-electron chi connectivity index (χ2n) is 4.44. The smallest absolute Gasteiger partial charge is 0.241 e. The summed E-state index contributed by atoms with van der Waals surface area (Å²) in [4.78, 5) is 13.7. The molecule has 0 radical (unpaired) electrons. The van der Waals surface area contributed by atoms with Crippen LogP contribution in [-0.2, 0) is 4.79 Å². The van der Waals surface area contributed by atoms with Gasteiger partial charge in [0.25, 0.3) is 0 Å². The number of carbonyl (C=O) groups is 1. The van der Waals surface area contributed by atoms with Crippen molar-refractivity contribution in [2.45, 2.75) is 12.5 Å². The highest BCUT2D eigenvalue weighted by Gasteiger charge is 2.23. The molecule has 3 N–H and O–H groups in total. The highest BCUT2D eigenvalue weighted by molar-refractivity contribution is 5.85. The largest absolute Gasteiger partial charge is 0.495 e. The zero-order valence-corrected chi connectivity index (χ0v) is 13.0. The van der Waals surface area contributed by atoms with Crippen LogP contribution >= 0.6 is 24.8 Å². The van der Waals surface area contributed by atoms with Gasteiger partial charge in [-0.1, -0.05) is 12.1 Å². The van der Waals surface area contributed by atoms with Crippen molar-refractivity contribution in [3.05, 3.63) is 24.3 Å². The number of benzene rings is 1. The fourth-order valence-corrected chi connectivity index (χ4v) is 2.09. The molecule has 5 nitrogen and oxygen atoms in total. The molecular formula is C13H21Cl2N3O2. The van der Waals surface area contributed by atoms with Gasteiger partial charge in [0.05, 0.1) is 19.3 Å². The van der Waals surface area contributed by atoms with Crippen molar-refractivity contribution in [3.63, 3.8) is 0 Å². The van der Waals surface area contributed by atoms with Crippen LogP contribution in [0.2, 0.25) is 0 Å². The number of para-hydroxylation sites is 2. The molecule has 0 aromatic heterocycles. The highest BCUT2D eigenvalue weighted by Crippen LogP contribution is 2.22. The normalized spacial score (nSPS) is 16.9. The summed E-state index contributed by atoms with van der Waals surface area (Å²) < 4.78 is 5.21. The lowest BCUT2D eigenvalue weighted by Crippen LogP contribution is -2.35. The first-order valence-corrected chi connectivity index (χ1v) is 6.11. The fourth-order valence-electron chi connectivity index (χ4n) is 2.09. The van der Waals surface area contributed by atoms with Crippen molar-refractivity contribution in [2.75, 3.05) is 32.1 Å². The Bertz CT molecular complexity index is 432. The van der Waals surface area contributed by atoms with Gasteiger partial charge in [0, 0.05) is 19.1 Å². The van der Waals surface area contributed by atoms with E-state index in [4.69, 9.17) is 10.5 Å². The van der Waals surface area contributed by atoms with Crippen molar-refractivity contribution in [3.8, 4) is 5.75 Å². The number of hydrogen-bond donors (Lipinski definition) is 2. The van der Waals surface area contributed by atoms with E-state index in [1.54, 1.807) is 12.0 Å². The molecule has 0 saturated carbocycles. The Balaban J connectivity index is 0.00000180. The summed E-state index contributed by atoms with van der Waals surface area (Å²) in [5.41, 5.74) is 6.61. The molecule has 1 aromatic rings. The minimum atomic E-state index is 0. The van der Waals surface area contributed by atoms with Crippen LogP contribution in [0.1, 0.15) is 6.42 Å². The molecule has 1 aromatic carbocycles. The molecule has 1 saturated heterocycles. The second-order valence-corrected chi connectivity index (χ2v) is 4.44. The summed E-state index contributed by atoms with van der Waals surface area (Å²) in [5.74, 6) is 0.817. The molecule has 2 rings (SSSR count). The number of ether oxygens (including phenoxy) is 1. The van der Waals surface area contributed by atoms with E-state index in [1.807, 2.05) is 24.3 Å². The van der Waals surface area contributed by atoms with Crippen molar-refractivity contribution in [1.82, 2.24) is 4.90 Å². The number of nitrogens with two attached hydrogens (primary N) is 1. The third-order valence-corrected chi connectivity index (χ3v) is 3.11. The van der Waals surface area contributed by atoms with Crippen LogP contribution in [-0.4, -0.2) is 43.6 Å². The van der Waals surface area contributed by atoms with E-state index < -0.39 is 0 Å². The van der Waals surface area contributed by atoms with Gasteiger partial charge in [-0.2, -0.15) is 0 Å². The molecule has 1 aliphatic heterocycles. The minimum absolute atomic E-state index is 0. The third kappa shape index (κ3) is 4.74. The Hall–Kier alpha value is -1.17. The van der Waals surface area contributed by atoms with Crippen LogP contribution in [0, 0.1) is 0 Å². The topological polar surface area (TPSA) is 67.6 Å². The zero-order chi connectivity index (χ0) is 13.0. The minimum Gasteiger partial charge on any atom is -0.495 e. The maximum atomic E-state index is 11.9. The zero-order valence-electron chi connectivity index (χ0n) is 11.4. The Morgan fingerprint density at radius 2 is 2.15 bits per heavy atom. The van der Waals surface area contributed by atoms with Gasteiger partial charge in [-0.15, -0.1) is 24.8 Å². The number of carbonyl (C=O) groups excluding carboxylic acids is 1. The maximum absolute atomic E-state index is 11.9. The van der Waals surface area contributed by atoms with Gasteiger partial charge in [0.1, 0.15) is 5.75 Å². The molecule has 1 fully saturated rings. The average Bonchev–Trinajstić information content (AvgIpc) is 2.83. The van der Waals surface area contributed by atoms with E-state index in [2.05, 4.69) is 5.32 Å². The van der Waals surface area contributed by atoms with Crippen molar-refractivity contribution in [1.29, 1.82) is 0 Å². The predicted octanol–water partition coefficient (Wildman–Crippen LogP) is 1.51. The second kappa shape index (κ2) is 8.89. The maximum Gasteiger partial charge on any atom is 0.241 e. The third-order valence-electron chi connectivity index (χ3n) is 3.11. The number of rotatable bonds is 4. The van der Waals surface area contributed by atoms with Crippen LogP contribution in [0.4, 0.5) is 5.69 Å². The molecule has 0 spiro atoms. The first-order chi connectivity index (χ1) is 8.70. The molecule has 20 heavy (non-hydrogen) atoms. The molecule has 1 amide bonds. The number of hydrogen-bond acceptors (Lipinski definition) is 4. The Morgan fingerprint density at radius 3 is 2.75 bits per heavy atom. The van der Waals surface area contributed by atoms with Crippen molar-refractivity contribution >= 4 is 36.4 Å². The van der Waals surface area contributed by atoms with Gasteiger partial charge in [0.2, 0.25) is 5.91 Å². The fraction of sp³-hybridized carbons (Fsp3) is 0.462. The van der Waals surface area contributed by atoms with Crippen molar-refractivity contribution < 1.29 is 9.53 Å². The van der Waals surface area contributed by atoms with E-state index in [-0.39, 0.29) is 43.3 Å². The lowest BCUT2D eigenvalue weighted by Gasteiger charge is -2.17. The molecule has 0 bridgehead atoms. The monoisotopic (exact) mass is 321 g/mol. The first-order valence-electron chi connectivity index (χ1n) is 6.11. The summed E-state index contributed by atoms with van der Waals surface area (Å²) in [5, 5.41) is 3.10. The summed E-state index contributed by atoms with van der Waals surface area (Å²) in [6, 6.07) is 7.67. The van der Waals surface area contributed by atoms with E-state index in [0.717, 1.165) is 24.4 Å². The van der Waals surface area contributed by atoms with E-state index in [1.165, 1.54) is 0 Å². The average molecular weight is 322 g/mol. The molecule has 1 aliphatic rings. The molecule has 1 atom stereocenters. The first kappa shape index (κ1) is 18.8. The number of likely N-dealkylation sites (tertiary alicyclic amines) is 1. The van der Waals surface area contributed by atoms with E-state index >= 15 is 0 Å². The number of halogens is 2. The predicted molar refractivity (Wildman–Crippen MR) is 85.2 cm³/mol. The number of amides is 1. The summed E-state index contributed by atoms with van der Waals surface area (Å²) in [6.45, 7) is 1.69. The van der Waals surface area contributed by atoms with Crippen molar-refractivity contribution in [2.24, 2.45) is 5.73 Å². The number of anilines is 1. The van der Waals surface area contributed by atoms with Gasteiger partial charge in [-0.05, 0) is 18.6 Å². The molecular weight excluding hydrogens is 301 g/mol. The summed E-state index contributed by atoms with van der Waals surface area (Å²) >= 11 is 0. The van der Waals surface area contributed by atoms with Crippen LogP contribution in [0.25, 0.3) is 0 Å². The summed E-state index contributed by atoms with van der Waals surface area (Å²) in [7, 11) is 1.61. The van der Waals surface area contributed by atoms with Gasteiger partial charge in [-0.3, -0.25) is 4.79 Å². The lowest BCUT2D eigenvalue weighted by molar-refractivity contribution is -0.128. The lowest BCUT2D eigenvalue weighted by atomic mass is 10.3. The number of nitrogens with one attached hydrogen (secondary N) is 1. The molecule has 0 aliphatic carbocycles. The van der Waals surface area contributed by atoms with Crippen LogP contribution in [0.15, 0.2) is 24.3 Å². The quantitative estimate of drug-likeness (QED) is 0.882. The van der Waals surface area contributed by atoms with E-state index in [0.29, 0.717) is 6.54 Å². The Labute approximate surface area is 131 Å². The van der Waals surface area contributed by atoms with Gasteiger partial charge < -0.3 is 20.7 Å². The van der Waals surface area contributed by atoms with Crippen LogP contribution < -0.4 is 15.8 Å². The number of nitrogens with zero attached hydrogens (tertiary/aromatic N) is 1. The standard InChI is InChI=1S/C13H19N3O2.2ClH/c1-18-12-5-3-2-4-11(12)15-8-13(17)16-7-6-10(14)9-16;;/h2-5,10,15H,6-9,14H2,1H3;2*1H/t10-;;/m1../s1. The Kier molecular flexibility index (Phi) is 8.37. The van der Waals surface area contributed by atoms with Crippen LogP contribution in [0.5, 0.6) is 5.75 Å². The number of methoxy groups -OCH3 is 1. The van der Waals surface area contributed by atoms with Gasteiger partial charge in [0.15, 0.2) is 0 Å². The summed E-state index contributed by atoms with van der Waals surface area (Å²) in [6.07, 6.45) is 0.889. The van der Waals surface area contributed by atoms with Gasteiger partial charge in [-0.25, -0.2) is 0 Å². The molecule has 0 unspecified atom stereocenters.